The van der Waals surface area contributed by atoms with E-state index in [0.29, 0.717) is 23.9 Å². The number of aromatic nitrogens is 1. The maximum absolute atomic E-state index is 13.1. The Balaban J connectivity index is 1.78. The van der Waals surface area contributed by atoms with Gasteiger partial charge in [-0.1, -0.05) is 38.1 Å². The number of fused-ring (bicyclic) bond motifs is 2. The van der Waals surface area contributed by atoms with Gasteiger partial charge >= 0.3 is 0 Å². The number of nitrogens with zero attached hydrogens (tertiary/aromatic N) is 2. The van der Waals surface area contributed by atoms with E-state index in [0.717, 1.165) is 17.5 Å². The van der Waals surface area contributed by atoms with Crippen LogP contribution in [0.3, 0.4) is 0 Å². The van der Waals surface area contributed by atoms with E-state index in [4.69, 9.17) is 5.73 Å². The minimum Gasteiger partial charge on any atom is -0.340 e. The second-order valence-electron chi connectivity index (χ2n) is 8.15. The third kappa shape index (κ3) is 3.02. The lowest BCUT2D eigenvalue weighted by molar-refractivity contribution is -0.135. The minimum atomic E-state index is -0.0956. The Kier molecular flexibility index (Phi) is 4.27. The van der Waals surface area contributed by atoms with Crippen molar-refractivity contribution in [1.82, 2.24) is 9.47 Å². The first-order valence-corrected chi connectivity index (χ1v) is 9.42. The van der Waals surface area contributed by atoms with Crippen molar-refractivity contribution >= 4 is 27.7 Å². The highest BCUT2D eigenvalue weighted by Crippen LogP contribution is 2.28. The van der Waals surface area contributed by atoms with E-state index in [-0.39, 0.29) is 29.3 Å². The summed E-state index contributed by atoms with van der Waals surface area (Å²) in [5.41, 5.74) is 7.72. The first-order chi connectivity index (χ1) is 12.9. The summed E-state index contributed by atoms with van der Waals surface area (Å²) in [6, 6.07) is 15.1. The predicted molar refractivity (Wildman–Crippen MR) is 109 cm³/mol. The first kappa shape index (κ1) is 17.7. The number of pyridine rings is 1. The molecule has 27 heavy (non-hydrogen) atoms. The maximum Gasteiger partial charge on any atom is 0.242 e. The van der Waals surface area contributed by atoms with Gasteiger partial charge in [0.25, 0.3) is 0 Å². The zero-order chi connectivity index (χ0) is 19.2. The molecule has 5 heteroatoms. The van der Waals surface area contributed by atoms with Gasteiger partial charge in [0.1, 0.15) is 6.54 Å². The molecule has 2 heterocycles. The molecule has 0 saturated carbocycles. The fourth-order valence-corrected chi connectivity index (χ4v) is 4.07. The lowest BCUT2D eigenvalue weighted by atomic mass is 9.79. The monoisotopic (exact) mass is 363 g/mol. The molecule has 140 valence electrons. The van der Waals surface area contributed by atoms with Gasteiger partial charge in [0.2, 0.25) is 5.91 Å². The summed E-state index contributed by atoms with van der Waals surface area (Å²) in [7, 11) is 0. The van der Waals surface area contributed by atoms with Crippen molar-refractivity contribution in [2.24, 2.45) is 11.1 Å². The molecule has 1 fully saturated rings. The number of carbonyl (C=O) groups excluding carboxylic acids is 1. The molecule has 1 unspecified atom stereocenters. The molecule has 4 rings (SSSR count). The number of para-hydroxylation sites is 2. The Hall–Kier alpha value is -2.66. The van der Waals surface area contributed by atoms with Crippen molar-refractivity contribution in [2.45, 2.75) is 32.9 Å². The molecule has 2 aromatic carbocycles. The number of hydrogen-bond acceptors (Lipinski definition) is 3. The Morgan fingerprint density at radius 1 is 1.07 bits per heavy atom. The summed E-state index contributed by atoms with van der Waals surface area (Å²) in [6.45, 7) is 5.78. The van der Waals surface area contributed by atoms with Crippen LogP contribution in [0.1, 0.15) is 20.3 Å². The van der Waals surface area contributed by atoms with Crippen molar-refractivity contribution in [3.8, 4) is 0 Å². The van der Waals surface area contributed by atoms with E-state index in [9.17, 15) is 9.59 Å². The summed E-state index contributed by atoms with van der Waals surface area (Å²) in [4.78, 5) is 27.9. The molecule has 3 aromatic rings. The van der Waals surface area contributed by atoms with Gasteiger partial charge in [0.05, 0.1) is 11.0 Å². The van der Waals surface area contributed by atoms with E-state index in [1.165, 1.54) is 0 Å². The van der Waals surface area contributed by atoms with Crippen LogP contribution in [0.25, 0.3) is 21.8 Å². The highest BCUT2D eigenvalue weighted by molar-refractivity contribution is 5.94. The lowest BCUT2D eigenvalue weighted by Crippen LogP contribution is -2.54. The van der Waals surface area contributed by atoms with Gasteiger partial charge in [0, 0.05) is 29.9 Å². The zero-order valence-corrected chi connectivity index (χ0v) is 15.8. The van der Waals surface area contributed by atoms with Gasteiger partial charge in [-0.05, 0) is 36.1 Å². The number of benzene rings is 2. The van der Waals surface area contributed by atoms with Gasteiger partial charge in [-0.15, -0.1) is 0 Å². The molecule has 0 bridgehead atoms. The van der Waals surface area contributed by atoms with Crippen LogP contribution >= 0.6 is 0 Å². The molecule has 1 aliphatic rings. The number of amides is 1. The summed E-state index contributed by atoms with van der Waals surface area (Å²) < 4.78 is 1.97. The molecule has 5 nitrogen and oxygen atoms in total. The predicted octanol–water partition coefficient (Wildman–Crippen LogP) is 2.74. The topological polar surface area (TPSA) is 68.3 Å². The van der Waals surface area contributed by atoms with E-state index >= 15 is 0 Å². The minimum absolute atomic E-state index is 0.00924. The highest BCUT2D eigenvalue weighted by atomic mass is 16.2. The molecule has 1 aliphatic heterocycles. The third-order valence-corrected chi connectivity index (χ3v) is 5.84. The number of likely N-dealkylation sites (tertiary alicyclic amines) is 1. The van der Waals surface area contributed by atoms with Crippen LogP contribution in [0.4, 0.5) is 0 Å². The summed E-state index contributed by atoms with van der Waals surface area (Å²) in [5.74, 6) is 0.0638. The van der Waals surface area contributed by atoms with Crippen LogP contribution in [0.15, 0.2) is 53.3 Å². The van der Waals surface area contributed by atoms with Crippen LogP contribution in [0.5, 0.6) is 0 Å². The molecule has 1 saturated heterocycles. The molecule has 0 spiro atoms. The number of carbonyl (C=O) groups is 1. The van der Waals surface area contributed by atoms with E-state index < -0.39 is 0 Å². The van der Waals surface area contributed by atoms with Crippen LogP contribution in [0, 0.1) is 5.41 Å². The van der Waals surface area contributed by atoms with Crippen molar-refractivity contribution in [3.05, 3.63) is 58.8 Å². The Bertz CT molecular complexity index is 1020. The number of rotatable bonds is 2. The molecular weight excluding hydrogens is 338 g/mol. The molecule has 1 amide bonds. The summed E-state index contributed by atoms with van der Waals surface area (Å²) in [6.07, 6.45) is 0.810. The smallest absolute Gasteiger partial charge is 0.242 e. The van der Waals surface area contributed by atoms with E-state index in [1.54, 1.807) is 0 Å². The maximum atomic E-state index is 13.1. The van der Waals surface area contributed by atoms with Gasteiger partial charge in [-0.2, -0.15) is 0 Å². The number of nitrogens with two attached hydrogens (primary N) is 1. The van der Waals surface area contributed by atoms with Crippen molar-refractivity contribution in [1.29, 1.82) is 0 Å². The molecular formula is C22H25N3O2. The van der Waals surface area contributed by atoms with E-state index in [1.807, 2.05) is 58.0 Å². The quantitative estimate of drug-likeness (QED) is 0.712. The first-order valence-electron chi connectivity index (χ1n) is 9.42. The van der Waals surface area contributed by atoms with Crippen LogP contribution in [-0.4, -0.2) is 34.5 Å². The normalized spacial score (nSPS) is 19.5. The summed E-state index contributed by atoms with van der Waals surface area (Å²) >= 11 is 0. The Morgan fingerprint density at radius 3 is 2.19 bits per heavy atom. The van der Waals surface area contributed by atoms with Crippen LogP contribution in [-0.2, 0) is 11.3 Å². The Morgan fingerprint density at radius 2 is 1.63 bits per heavy atom. The average Bonchev–Trinajstić information content (AvgIpc) is 2.67. The SMILES string of the molecule is CC1(C)CN(C(=O)Cn2c3ccccc3c(=O)c3ccccc32)CCC1N. The second kappa shape index (κ2) is 6.50. The molecule has 2 N–H and O–H groups in total. The van der Waals surface area contributed by atoms with Crippen molar-refractivity contribution < 1.29 is 4.79 Å². The molecule has 1 atom stereocenters. The van der Waals surface area contributed by atoms with Crippen LogP contribution in [0.2, 0.25) is 0 Å². The summed E-state index contributed by atoms with van der Waals surface area (Å²) in [5, 5.41) is 1.29. The third-order valence-electron chi connectivity index (χ3n) is 5.84. The molecule has 0 aliphatic carbocycles. The fraction of sp³-hybridized carbons (Fsp3) is 0.364. The van der Waals surface area contributed by atoms with Crippen molar-refractivity contribution in [3.63, 3.8) is 0 Å². The number of piperidine rings is 1. The van der Waals surface area contributed by atoms with E-state index in [2.05, 4.69) is 13.8 Å². The second-order valence-corrected chi connectivity index (χ2v) is 8.15. The molecule has 0 radical (unpaired) electrons. The molecule has 1 aromatic heterocycles. The fourth-order valence-electron chi connectivity index (χ4n) is 4.07. The highest BCUT2D eigenvalue weighted by Gasteiger charge is 2.35. The largest absolute Gasteiger partial charge is 0.340 e. The Labute approximate surface area is 158 Å². The number of hydrogen-bond donors (Lipinski definition) is 1. The van der Waals surface area contributed by atoms with Gasteiger partial charge in [-0.25, -0.2) is 0 Å². The van der Waals surface area contributed by atoms with Gasteiger partial charge in [0.15, 0.2) is 5.43 Å². The van der Waals surface area contributed by atoms with Crippen LogP contribution < -0.4 is 11.2 Å². The van der Waals surface area contributed by atoms with Crippen molar-refractivity contribution in [2.75, 3.05) is 13.1 Å². The zero-order valence-electron chi connectivity index (χ0n) is 15.8. The van der Waals surface area contributed by atoms with Gasteiger partial charge in [-0.3, -0.25) is 9.59 Å². The lowest BCUT2D eigenvalue weighted by Gasteiger charge is -2.42. The average molecular weight is 363 g/mol. The van der Waals surface area contributed by atoms with Gasteiger partial charge < -0.3 is 15.2 Å². The standard InChI is InChI=1S/C22H25N3O2/c1-22(2)14-24(12-11-19(22)23)20(26)13-25-17-9-5-3-7-15(17)21(27)16-8-4-6-10-18(16)25/h3-10,19H,11-14,23H2,1-2H3.